The third kappa shape index (κ3) is 4.39. The molecule has 4 N–H and O–H groups in total. The summed E-state index contributed by atoms with van der Waals surface area (Å²) in [6, 6.07) is 19.1. The number of amides is 2. The van der Waals surface area contributed by atoms with E-state index in [1.807, 2.05) is 12.1 Å². The van der Waals surface area contributed by atoms with Gasteiger partial charge >= 0.3 is 0 Å². The topological polar surface area (TPSA) is 136 Å². The van der Waals surface area contributed by atoms with Crippen LogP contribution in [0.25, 0.3) is 11.1 Å². The van der Waals surface area contributed by atoms with Gasteiger partial charge in [-0.25, -0.2) is 8.42 Å². The molecule has 0 spiro atoms. The van der Waals surface area contributed by atoms with Gasteiger partial charge in [0.25, 0.3) is 11.8 Å². The molecule has 36 heavy (non-hydrogen) atoms. The molecule has 1 aliphatic heterocycles. The predicted octanol–water partition coefficient (Wildman–Crippen LogP) is 4.03. The number of carbonyl (C=O) groups excluding carboxylic acids is 2. The molecular formula is C25H22N6O4S. The van der Waals surface area contributed by atoms with Gasteiger partial charge in [0.2, 0.25) is 10.0 Å². The third-order valence-corrected chi connectivity index (χ3v) is 7.04. The number of H-pyrrole nitrogens is 1. The zero-order valence-electron chi connectivity index (χ0n) is 19.4. The summed E-state index contributed by atoms with van der Waals surface area (Å²) >= 11 is 0. The van der Waals surface area contributed by atoms with E-state index in [9.17, 15) is 18.0 Å². The number of anilines is 5. The highest BCUT2D eigenvalue weighted by Crippen LogP contribution is 2.38. The third-order valence-electron chi connectivity index (χ3n) is 5.84. The summed E-state index contributed by atoms with van der Waals surface area (Å²) in [6.45, 7) is 0. The molecule has 2 amide bonds. The molecule has 5 rings (SSSR count). The lowest BCUT2D eigenvalue weighted by Gasteiger charge is -2.21. The van der Waals surface area contributed by atoms with Gasteiger partial charge < -0.3 is 16.0 Å². The van der Waals surface area contributed by atoms with Crippen LogP contribution in [0.15, 0.2) is 72.9 Å². The number of sulfonamides is 1. The maximum Gasteiger partial charge on any atom is 0.276 e. The number of benzene rings is 3. The van der Waals surface area contributed by atoms with Gasteiger partial charge in [0, 0.05) is 24.5 Å². The number of carbonyl (C=O) groups is 2. The van der Waals surface area contributed by atoms with Crippen molar-refractivity contribution in [1.29, 1.82) is 0 Å². The van der Waals surface area contributed by atoms with Crippen LogP contribution in [0.5, 0.6) is 0 Å². The molecule has 10 nitrogen and oxygen atoms in total. The molecule has 0 aliphatic carbocycles. The van der Waals surface area contributed by atoms with E-state index in [0.717, 1.165) is 11.8 Å². The van der Waals surface area contributed by atoms with E-state index in [2.05, 4.69) is 26.1 Å². The minimum atomic E-state index is -3.48. The van der Waals surface area contributed by atoms with Crippen molar-refractivity contribution in [3.63, 3.8) is 0 Å². The highest BCUT2D eigenvalue weighted by atomic mass is 32.2. The summed E-state index contributed by atoms with van der Waals surface area (Å²) in [5, 5.41) is 15.4. The summed E-state index contributed by atoms with van der Waals surface area (Å²) in [5.41, 5.74) is 4.80. The number of rotatable bonds is 5. The van der Waals surface area contributed by atoms with Crippen LogP contribution in [0.2, 0.25) is 0 Å². The fourth-order valence-corrected chi connectivity index (χ4v) is 4.45. The van der Waals surface area contributed by atoms with Crippen molar-refractivity contribution in [3.05, 3.63) is 84.2 Å². The minimum absolute atomic E-state index is 0.249. The van der Waals surface area contributed by atoms with Crippen LogP contribution in [0.3, 0.4) is 0 Å². The van der Waals surface area contributed by atoms with E-state index in [0.29, 0.717) is 39.6 Å². The lowest BCUT2D eigenvalue weighted by atomic mass is 10.0. The van der Waals surface area contributed by atoms with Crippen molar-refractivity contribution >= 4 is 50.3 Å². The van der Waals surface area contributed by atoms with Gasteiger partial charge in [-0.3, -0.25) is 19.0 Å². The van der Waals surface area contributed by atoms with E-state index in [1.54, 1.807) is 60.8 Å². The quantitative estimate of drug-likeness (QED) is 0.325. The van der Waals surface area contributed by atoms with Crippen LogP contribution < -0.4 is 20.3 Å². The molecule has 0 fully saturated rings. The Morgan fingerprint density at radius 1 is 0.917 bits per heavy atom. The van der Waals surface area contributed by atoms with Gasteiger partial charge in [-0.05, 0) is 48.0 Å². The predicted molar refractivity (Wildman–Crippen MR) is 139 cm³/mol. The van der Waals surface area contributed by atoms with Crippen molar-refractivity contribution in [2.24, 2.45) is 0 Å². The molecule has 4 aromatic rings. The zero-order valence-corrected chi connectivity index (χ0v) is 20.2. The first kappa shape index (κ1) is 23.1. The fraction of sp³-hybridized carbons (Fsp3) is 0.0800. The second-order valence-corrected chi connectivity index (χ2v) is 10.3. The molecule has 11 heteroatoms. The Hall–Kier alpha value is -4.64. The maximum absolute atomic E-state index is 12.9. The van der Waals surface area contributed by atoms with Crippen LogP contribution in [0, 0.1) is 0 Å². The Balaban J connectivity index is 1.52. The first-order valence-electron chi connectivity index (χ1n) is 10.9. The Morgan fingerprint density at radius 2 is 1.72 bits per heavy atom. The van der Waals surface area contributed by atoms with Crippen molar-refractivity contribution in [2.75, 3.05) is 33.6 Å². The first-order chi connectivity index (χ1) is 17.2. The molecular weight excluding hydrogens is 480 g/mol. The van der Waals surface area contributed by atoms with Gasteiger partial charge in [-0.1, -0.05) is 24.3 Å². The van der Waals surface area contributed by atoms with Gasteiger partial charge in [-0.2, -0.15) is 5.10 Å². The second-order valence-electron chi connectivity index (χ2n) is 8.26. The van der Waals surface area contributed by atoms with Gasteiger partial charge in [0.15, 0.2) is 0 Å². The molecule has 1 aliphatic rings. The van der Waals surface area contributed by atoms with Gasteiger partial charge in [0.1, 0.15) is 5.69 Å². The summed E-state index contributed by atoms with van der Waals surface area (Å²) in [5.74, 6) is -0.666. The molecule has 182 valence electrons. The number of hydrogen-bond donors (Lipinski definition) is 4. The second kappa shape index (κ2) is 8.86. The number of aromatic nitrogens is 2. The van der Waals surface area contributed by atoms with Crippen LogP contribution in [-0.2, 0) is 10.0 Å². The van der Waals surface area contributed by atoms with Crippen molar-refractivity contribution in [3.8, 4) is 11.1 Å². The molecule has 0 saturated carbocycles. The number of fused-ring (bicyclic) bond motifs is 2. The van der Waals surface area contributed by atoms with Gasteiger partial charge in [0.05, 0.1) is 34.6 Å². The van der Waals surface area contributed by atoms with Crippen LogP contribution in [0.1, 0.15) is 20.8 Å². The highest BCUT2D eigenvalue weighted by molar-refractivity contribution is 7.92. The Kier molecular flexibility index (Phi) is 5.69. The molecule has 0 radical (unpaired) electrons. The van der Waals surface area contributed by atoms with Gasteiger partial charge in [-0.15, -0.1) is 0 Å². The zero-order chi connectivity index (χ0) is 25.4. The number of nitrogens with one attached hydrogen (secondary N) is 4. The standard InChI is InChI=1S/C25H22N6O4S/c1-31(36(2,34)35)23-6-4-3-5-17(23)15-7-9-18-21(13-15)28-22-14-16(8-10-19(22)29-24(18)32)27-25(33)20-11-12-26-30-20/h3-14,28H,1-2H3,(H,26,30)(H,27,33)(H,29,32). The number of para-hydroxylation sites is 1. The average molecular weight is 503 g/mol. The molecule has 2 heterocycles. The SMILES string of the molecule is CN(c1ccccc1-c1ccc2c(c1)Nc1cc(NC(=O)c3cc[nH]n3)ccc1NC2=O)S(C)(=O)=O. The molecule has 0 unspecified atom stereocenters. The lowest BCUT2D eigenvalue weighted by Crippen LogP contribution is -2.25. The first-order valence-corrected chi connectivity index (χ1v) is 12.8. The molecule has 0 bridgehead atoms. The molecule has 0 atom stereocenters. The lowest BCUT2D eigenvalue weighted by molar-refractivity contribution is 0.101. The maximum atomic E-state index is 12.9. The minimum Gasteiger partial charge on any atom is -0.353 e. The van der Waals surface area contributed by atoms with Crippen LogP contribution in [0.4, 0.5) is 28.4 Å². The Morgan fingerprint density at radius 3 is 2.47 bits per heavy atom. The summed E-state index contributed by atoms with van der Waals surface area (Å²) in [4.78, 5) is 25.3. The Labute approximate surface area is 207 Å². The van der Waals surface area contributed by atoms with E-state index in [-0.39, 0.29) is 17.5 Å². The average Bonchev–Trinajstić information content (AvgIpc) is 3.35. The summed E-state index contributed by atoms with van der Waals surface area (Å²) in [6.07, 6.45) is 2.70. The normalized spacial score (nSPS) is 12.4. The van der Waals surface area contributed by atoms with Crippen molar-refractivity contribution in [2.45, 2.75) is 0 Å². The number of nitrogens with zero attached hydrogens (tertiary/aromatic N) is 2. The monoisotopic (exact) mass is 502 g/mol. The summed E-state index contributed by atoms with van der Waals surface area (Å²) < 4.78 is 25.6. The molecule has 0 saturated heterocycles. The number of aromatic amines is 1. The molecule has 1 aromatic heterocycles. The molecule has 3 aromatic carbocycles. The van der Waals surface area contributed by atoms with E-state index < -0.39 is 10.0 Å². The number of hydrogen-bond acceptors (Lipinski definition) is 6. The van der Waals surface area contributed by atoms with Crippen LogP contribution in [-0.4, -0.2) is 43.7 Å². The summed E-state index contributed by atoms with van der Waals surface area (Å²) in [7, 11) is -1.98. The van der Waals surface area contributed by atoms with Crippen molar-refractivity contribution in [1.82, 2.24) is 10.2 Å². The van der Waals surface area contributed by atoms with E-state index >= 15 is 0 Å². The largest absolute Gasteiger partial charge is 0.353 e. The fourth-order valence-electron chi connectivity index (χ4n) is 3.94. The highest BCUT2D eigenvalue weighted by Gasteiger charge is 2.22. The smallest absolute Gasteiger partial charge is 0.276 e. The van der Waals surface area contributed by atoms with Crippen molar-refractivity contribution < 1.29 is 18.0 Å². The van der Waals surface area contributed by atoms with Crippen LogP contribution >= 0.6 is 0 Å². The Bertz CT molecular complexity index is 1600. The van der Waals surface area contributed by atoms with E-state index in [4.69, 9.17) is 0 Å². The van der Waals surface area contributed by atoms with E-state index in [1.165, 1.54) is 11.4 Å².